The second kappa shape index (κ2) is 10.3. The molecule has 41 heavy (non-hydrogen) atoms. The van der Waals surface area contributed by atoms with Crippen molar-refractivity contribution in [3.63, 3.8) is 0 Å². The van der Waals surface area contributed by atoms with Crippen LogP contribution in [-0.2, 0) is 18.3 Å². The van der Waals surface area contributed by atoms with Gasteiger partial charge in [0.15, 0.2) is 5.58 Å². The van der Waals surface area contributed by atoms with E-state index in [9.17, 15) is 19.5 Å². The summed E-state index contributed by atoms with van der Waals surface area (Å²) in [6, 6.07) is 10.2. The van der Waals surface area contributed by atoms with Gasteiger partial charge in [0.1, 0.15) is 23.7 Å². The number of fused-ring (bicyclic) bond motifs is 2. The number of hydrogen-bond donors (Lipinski definition) is 2. The minimum absolute atomic E-state index is 0.0689. The Morgan fingerprint density at radius 2 is 1.88 bits per heavy atom. The molecular formula is C29H31N7O5. The number of aryl methyl sites for hydroxylation is 2. The molecule has 1 saturated heterocycles. The number of nitrogens with zero attached hydrogens (tertiary/aromatic N) is 6. The van der Waals surface area contributed by atoms with Crippen molar-refractivity contribution in [2.45, 2.75) is 39.2 Å². The van der Waals surface area contributed by atoms with Crippen LogP contribution in [0, 0.1) is 6.92 Å². The van der Waals surface area contributed by atoms with Gasteiger partial charge in [0.05, 0.1) is 11.2 Å². The summed E-state index contributed by atoms with van der Waals surface area (Å²) in [6.45, 7) is 5.25. The minimum Gasteiger partial charge on any atom is -0.508 e. The summed E-state index contributed by atoms with van der Waals surface area (Å²) in [5.41, 5.74) is 4.07. The zero-order chi connectivity index (χ0) is 28.8. The van der Waals surface area contributed by atoms with Crippen LogP contribution in [0.25, 0.3) is 11.1 Å². The maximum Gasteiger partial charge on any atom is 0.419 e. The van der Waals surface area contributed by atoms with Crippen molar-refractivity contribution in [3.8, 4) is 5.75 Å². The molecule has 0 aliphatic carbocycles. The lowest BCUT2D eigenvalue weighted by atomic mass is 10.0. The summed E-state index contributed by atoms with van der Waals surface area (Å²) in [6.07, 6.45) is 3.62. The Balaban J connectivity index is 1.19. The van der Waals surface area contributed by atoms with Crippen molar-refractivity contribution in [1.29, 1.82) is 0 Å². The molecule has 4 aromatic rings. The van der Waals surface area contributed by atoms with Crippen molar-refractivity contribution in [1.82, 2.24) is 19.4 Å². The first-order chi connectivity index (χ1) is 19.7. The highest BCUT2D eigenvalue weighted by Crippen LogP contribution is 2.32. The van der Waals surface area contributed by atoms with E-state index in [0.29, 0.717) is 54.5 Å². The zero-order valence-electron chi connectivity index (χ0n) is 23.1. The Kier molecular flexibility index (Phi) is 6.60. The van der Waals surface area contributed by atoms with E-state index < -0.39 is 5.76 Å². The van der Waals surface area contributed by atoms with Gasteiger partial charge < -0.3 is 24.6 Å². The van der Waals surface area contributed by atoms with E-state index in [0.717, 1.165) is 29.7 Å². The molecule has 3 amide bonds. The van der Waals surface area contributed by atoms with Crippen LogP contribution in [0.5, 0.6) is 5.75 Å². The lowest BCUT2D eigenvalue weighted by molar-refractivity contribution is -0.115. The van der Waals surface area contributed by atoms with E-state index in [2.05, 4.69) is 20.2 Å². The van der Waals surface area contributed by atoms with Gasteiger partial charge in [0.2, 0.25) is 5.91 Å². The monoisotopic (exact) mass is 557 g/mol. The van der Waals surface area contributed by atoms with Gasteiger partial charge in [-0.3, -0.25) is 14.3 Å². The fourth-order valence-corrected chi connectivity index (χ4v) is 5.92. The second-order valence-corrected chi connectivity index (χ2v) is 10.6. The predicted octanol–water partition coefficient (Wildman–Crippen LogP) is 3.68. The molecular weight excluding hydrogens is 526 g/mol. The van der Waals surface area contributed by atoms with Crippen LogP contribution in [0.1, 0.15) is 30.9 Å². The molecule has 12 heteroatoms. The number of aromatic hydroxyl groups is 1. The van der Waals surface area contributed by atoms with E-state index in [1.54, 1.807) is 37.4 Å². The van der Waals surface area contributed by atoms with Crippen LogP contribution in [0.15, 0.2) is 51.9 Å². The van der Waals surface area contributed by atoms with Crippen LogP contribution in [-0.4, -0.2) is 62.2 Å². The maximum atomic E-state index is 13.0. The van der Waals surface area contributed by atoms with Gasteiger partial charge in [-0.1, -0.05) is 0 Å². The molecule has 0 atom stereocenters. The largest absolute Gasteiger partial charge is 0.508 e. The Morgan fingerprint density at radius 3 is 2.63 bits per heavy atom. The Bertz CT molecular complexity index is 1720. The molecule has 2 aromatic carbocycles. The molecule has 2 aliphatic rings. The third kappa shape index (κ3) is 4.85. The number of oxazole rings is 1. The quantitative estimate of drug-likeness (QED) is 0.363. The summed E-state index contributed by atoms with van der Waals surface area (Å²) in [7, 11) is 1.65. The lowest BCUT2D eigenvalue weighted by Crippen LogP contribution is -2.49. The molecule has 2 aromatic heterocycles. The standard InChI is InChI=1S/C29H31N7O5/c1-17-12-21(14-24-27(17)33(3)29(40)41-24)36(18(2)37)26-15-25(30-16-31-26)34-9-7-20(8-10-34)35-11-6-19-13-22(38)4-5-23(19)32-28(35)39/h4-5,12-16,20,38H,6-11H2,1-3H3,(H,32,39). The fraction of sp³-hybridized carbons (Fsp3) is 0.345. The number of piperidine rings is 1. The van der Waals surface area contributed by atoms with E-state index >= 15 is 0 Å². The smallest absolute Gasteiger partial charge is 0.419 e. The Morgan fingerprint density at radius 1 is 1.10 bits per heavy atom. The molecule has 2 N–H and O–H groups in total. The number of aromatic nitrogens is 3. The summed E-state index contributed by atoms with van der Waals surface area (Å²) in [4.78, 5) is 52.3. The predicted molar refractivity (Wildman–Crippen MR) is 154 cm³/mol. The van der Waals surface area contributed by atoms with Crippen LogP contribution in [0.2, 0.25) is 0 Å². The highest BCUT2D eigenvalue weighted by atomic mass is 16.4. The summed E-state index contributed by atoms with van der Waals surface area (Å²) < 4.78 is 6.83. The number of amides is 3. The van der Waals surface area contributed by atoms with Crippen molar-refractivity contribution >= 4 is 46.0 Å². The number of anilines is 4. The summed E-state index contributed by atoms with van der Waals surface area (Å²) in [5, 5.41) is 12.8. The number of nitrogens with one attached hydrogen (secondary N) is 1. The lowest BCUT2D eigenvalue weighted by Gasteiger charge is -2.38. The summed E-state index contributed by atoms with van der Waals surface area (Å²) >= 11 is 0. The SMILES string of the molecule is CC(=O)N(c1cc(C)c2c(c1)oc(=O)n2C)c1cc(N2CCC(N3CCc4cc(O)ccc4NC3=O)CC2)ncn1. The number of carbonyl (C=O) groups is 2. The highest BCUT2D eigenvalue weighted by molar-refractivity contribution is 6.00. The molecule has 12 nitrogen and oxygen atoms in total. The minimum atomic E-state index is -0.469. The average molecular weight is 558 g/mol. The zero-order valence-corrected chi connectivity index (χ0v) is 23.1. The first-order valence-electron chi connectivity index (χ1n) is 13.6. The van der Waals surface area contributed by atoms with Crippen molar-refractivity contribution < 1.29 is 19.1 Å². The number of urea groups is 1. The number of carbonyl (C=O) groups excluding carboxylic acids is 2. The highest BCUT2D eigenvalue weighted by Gasteiger charge is 2.31. The maximum absolute atomic E-state index is 13.0. The Labute approximate surface area is 235 Å². The molecule has 4 heterocycles. The van der Waals surface area contributed by atoms with Crippen molar-refractivity contribution in [2.24, 2.45) is 7.05 Å². The second-order valence-electron chi connectivity index (χ2n) is 10.6. The van der Waals surface area contributed by atoms with Gasteiger partial charge in [-0.2, -0.15) is 0 Å². The van der Waals surface area contributed by atoms with E-state index in [-0.39, 0.29) is 23.7 Å². The third-order valence-corrected chi connectivity index (χ3v) is 7.94. The normalized spacial score (nSPS) is 15.9. The summed E-state index contributed by atoms with van der Waals surface area (Å²) in [5.74, 6) is 0.576. The van der Waals surface area contributed by atoms with E-state index in [4.69, 9.17) is 4.42 Å². The molecule has 0 radical (unpaired) electrons. The Hall–Kier alpha value is -4.87. The molecule has 0 spiro atoms. The van der Waals surface area contributed by atoms with Crippen molar-refractivity contribution in [2.75, 3.05) is 34.8 Å². The van der Waals surface area contributed by atoms with Crippen molar-refractivity contribution in [3.05, 3.63) is 64.4 Å². The van der Waals surface area contributed by atoms with Gasteiger partial charge >= 0.3 is 11.8 Å². The van der Waals surface area contributed by atoms with E-state index in [1.165, 1.54) is 22.7 Å². The third-order valence-electron chi connectivity index (χ3n) is 7.94. The molecule has 2 aliphatic heterocycles. The molecule has 0 bridgehead atoms. The van der Waals surface area contributed by atoms with Gasteiger partial charge in [0.25, 0.3) is 0 Å². The molecule has 212 valence electrons. The van der Waals surface area contributed by atoms with Gasteiger partial charge in [-0.05, 0) is 61.6 Å². The first-order valence-corrected chi connectivity index (χ1v) is 13.6. The molecule has 6 rings (SSSR count). The van der Waals surface area contributed by atoms with E-state index in [1.807, 2.05) is 17.9 Å². The van der Waals surface area contributed by atoms with Gasteiger partial charge in [-0.15, -0.1) is 0 Å². The number of phenols is 1. The van der Waals surface area contributed by atoms with Crippen LogP contribution in [0.3, 0.4) is 0 Å². The topological polar surface area (TPSA) is 137 Å². The molecule has 0 unspecified atom stereocenters. The number of benzene rings is 2. The van der Waals surface area contributed by atoms with Crippen LogP contribution in [0.4, 0.5) is 27.8 Å². The van der Waals surface area contributed by atoms with Crippen LogP contribution < -0.4 is 20.9 Å². The number of hydrogen-bond acceptors (Lipinski definition) is 8. The van der Waals surface area contributed by atoms with Crippen LogP contribution >= 0.6 is 0 Å². The molecule has 1 fully saturated rings. The number of rotatable bonds is 4. The average Bonchev–Trinajstić information content (AvgIpc) is 3.13. The first kappa shape index (κ1) is 26.4. The fourth-order valence-electron chi connectivity index (χ4n) is 5.92. The van der Waals surface area contributed by atoms with Gasteiger partial charge in [0, 0.05) is 57.5 Å². The number of phenolic OH excluding ortho intramolecular Hbond substituents is 1. The van der Waals surface area contributed by atoms with Gasteiger partial charge in [-0.25, -0.2) is 19.6 Å². The molecule has 0 saturated carbocycles.